The van der Waals surface area contributed by atoms with Crippen molar-refractivity contribution in [2.45, 2.75) is 45.4 Å². The molecule has 26 heavy (non-hydrogen) atoms. The van der Waals surface area contributed by atoms with Crippen LogP contribution in [0.2, 0.25) is 0 Å². The van der Waals surface area contributed by atoms with E-state index in [0.717, 1.165) is 42.3 Å². The lowest BCUT2D eigenvalue weighted by Crippen LogP contribution is -2.01. The van der Waals surface area contributed by atoms with Gasteiger partial charge in [-0.05, 0) is 36.6 Å². The number of fused-ring (bicyclic) bond motifs is 1. The number of rotatable bonds is 9. The molecule has 0 amide bonds. The van der Waals surface area contributed by atoms with Gasteiger partial charge in [0.2, 0.25) is 0 Å². The highest BCUT2D eigenvalue weighted by molar-refractivity contribution is 5.93. The molecule has 2 aromatic carbocycles. The van der Waals surface area contributed by atoms with E-state index in [9.17, 15) is 9.59 Å². The number of carbonyl (C=O) groups excluding carboxylic acids is 2. The third-order valence-electron chi connectivity index (χ3n) is 4.58. The van der Waals surface area contributed by atoms with Crippen molar-refractivity contribution in [3.8, 4) is 11.3 Å². The second-order valence-corrected chi connectivity index (χ2v) is 6.75. The number of aromatic amines is 1. The molecule has 0 saturated carbocycles. The molecule has 1 aromatic heterocycles. The van der Waals surface area contributed by atoms with Gasteiger partial charge in [-0.1, -0.05) is 49.2 Å². The number of aromatic nitrogens is 2. The van der Waals surface area contributed by atoms with Crippen LogP contribution in [0.4, 0.5) is 0 Å². The van der Waals surface area contributed by atoms with Crippen LogP contribution in [0.5, 0.6) is 0 Å². The summed E-state index contributed by atoms with van der Waals surface area (Å²) < 4.78 is 0. The van der Waals surface area contributed by atoms with Crippen molar-refractivity contribution in [2.24, 2.45) is 0 Å². The van der Waals surface area contributed by atoms with Crippen LogP contribution in [0.25, 0.3) is 22.0 Å². The SMILES string of the molecule is CC(=O)CCCCCCC(=O)c1ncc(-c2ccc3ccccc3c2)[nH]1. The molecule has 0 fully saturated rings. The Labute approximate surface area is 153 Å². The van der Waals surface area contributed by atoms with E-state index in [4.69, 9.17) is 0 Å². The van der Waals surface area contributed by atoms with Crippen LogP contribution < -0.4 is 0 Å². The van der Waals surface area contributed by atoms with Gasteiger partial charge in [0.05, 0.1) is 11.9 Å². The Hall–Kier alpha value is -2.75. The highest BCUT2D eigenvalue weighted by Gasteiger charge is 2.11. The topological polar surface area (TPSA) is 62.8 Å². The van der Waals surface area contributed by atoms with Crippen LogP contribution in [-0.4, -0.2) is 21.5 Å². The van der Waals surface area contributed by atoms with Crippen LogP contribution in [0.15, 0.2) is 48.7 Å². The zero-order valence-corrected chi connectivity index (χ0v) is 15.1. The molecule has 0 aliphatic heterocycles. The second kappa shape index (κ2) is 8.56. The third-order valence-corrected chi connectivity index (χ3v) is 4.58. The summed E-state index contributed by atoms with van der Waals surface area (Å²) in [5.74, 6) is 0.707. The molecule has 4 nitrogen and oxygen atoms in total. The van der Waals surface area contributed by atoms with Crippen molar-refractivity contribution in [1.29, 1.82) is 0 Å². The van der Waals surface area contributed by atoms with Crippen LogP contribution in [0.1, 0.15) is 56.1 Å². The zero-order valence-electron chi connectivity index (χ0n) is 15.1. The lowest BCUT2D eigenvalue weighted by molar-refractivity contribution is -0.117. The van der Waals surface area contributed by atoms with E-state index in [0.29, 0.717) is 18.7 Å². The van der Waals surface area contributed by atoms with Crippen LogP contribution in [-0.2, 0) is 4.79 Å². The van der Waals surface area contributed by atoms with E-state index in [1.165, 1.54) is 5.39 Å². The van der Waals surface area contributed by atoms with Crippen molar-refractivity contribution < 1.29 is 9.59 Å². The van der Waals surface area contributed by atoms with Gasteiger partial charge in [-0.15, -0.1) is 0 Å². The van der Waals surface area contributed by atoms with Gasteiger partial charge < -0.3 is 9.78 Å². The van der Waals surface area contributed by atoms with Crippen molar-refractivity contribution in [2.75, 3.05) is 0 Å². The largest absolute Gasteiger partial charge is 0.335 e. The number of nitrogens with zero attached hydrogens (tertiary/aromatic N) is 1. The molecule has 3 aromatic rings. The number of unbranched alkanes of at least 4 members (excludes halogenated alkanes) is 3. The molecule has 1 N–H and O–H groups in total. The van der Waals surface area contributed by atoms with E-state index >= 15 is 0 Å². The van der Waals surface area contributed by atoms with Crippen LogP contribution >= 0.6 is 0 Å². The van der Waals surface area contributed by atoms with Crippen molar-refractivity contribution in [3.63, 3.8) is 0 Å². The molecular formula is C22H24N2O2. The van der Waals surface area contributed by atoms with Gasteiger partial charge in [-0.3, -0.25) is 4.79 Å². The van der Waals surface area contributed by atoms with Crippen molar-refractivity contribution in [1.82, 2.24) is 9.97 Å². The van der Waals surface area contributed by atoms with Crippen molar-refractivity contribution >= 4 is 22.3 Å². The first kappa shape index (κ1) is 18.1. The molecule has 0 radical (unpaired) electrons. The van der Waals surface area contributed by atoms with Crippen LogP contribution in [0, 0.1) is 0 Å². The summed E-state index contributed by atoms with van der Waals surface area (Å²) in [5.41, 5.74) is 1.89. The lowest BCUT2D eigenvalue weighted by Gasteiger charge is -2.02. The molecule has 0 atom stereocenters. The fraction of sp³-hybridized carbons (Fsp3) is 0.318. The number of hydrogen-bond acceptors (Lipinski definition) is 3. The van der Waals surface area contributed by atoms with Gasteiger partial charge in [0.1, 0.15) is 5.78 Å². The van der Waals surface area contributed by atoms with Gasteiger partial charge in [-0.2, -0.15) is 0 Å². The quantitative estimate of drug-likeness (QED) is 0.419. The van der Waals surface area contributed by atoms with Gasteiger partial charge in [-0.25, -0.2) is 4.98 Å². The van der Waals surface area contributed by atoms with Crippen LogP contribution in [0.3, 0.4) is 0 Å². The second-order valence-electron chi connectivity index (χ2n) is 6.75. The molecule has 0 spiro atoms. The fourth-order valence-electron chi connectivity index (χ4n) is 3.10. The minimum atomic E-state index is 0.0450. The summed E-state index contributed by atoms with van der Waals surface area (Å²) >= 11 is 0. The summed E-state index contributed by atoms with van der Waals surface area (Å²) in [4.78, 5) is 30.6. The lowest BCUT2D eigenvalue weighted by atomic mass is 10.1. The first-order valence-corrected chi connectivity index (χ1v) is 9.20. The zero-order chi connectivity index (χ0) is 18.4. The summed E-state index contributed by atoms with van der Waals surface area (Å²) in [5, 5.41) is 2.36. The molecule has 0 saturated heterocycles. The number of carbonyl (C=O) groups is 2. The van der Waals surface area contributed by atoms with Gasteiger partial charge in [0.25, 0.3) is 0 Å². The Balaban J connectivity index is 1.56. The predicted molar refractivity (Wildman–Crippen MR) is 104 cm³/mol. The predicted octanol–water partition coefficient (Wildman–Crippen LogP) is 5.34. The number of H-pyrrole nitrogens is 1. The van der Waals surface area contributed by atoms with E-state index < -0.39 is 0 Å². The highest BCUT2D eigenvalue weighted by atomic mass is 16.1. The molecule has 0 aliphatic rings. The van der Waals surface area contributed by atoms with Gasteiger partial charge >= 0.3 is 0 Å². The smallest absolute Gasteiger partial charge is 0.198 e. The van der Waals surface area contributed by atoms with Gasteiger partial charge in [0, 0.05) is 18.4 Å². The average Bonchev–Trinajstić information content (AvgIpc) is 3.14. The van der Waals surface area contributed by atoms with E-state index in [1.807, 2.05) is 18.2 Å². The standard InChI is InChI=1S/C22H24N2O2/c1-16(25)8-4-2-3-5-11-21(26)22-23-15-20(24-22)19-13-12-17-9-6-7-10-18(17)14-19/h6-7,9-10,12-15H,2-5,8,11H2,1H3,(H,23,24). The third kappa shape index (κ3) is 4.66. The van der Waals surface area contributed by atoms with Gasteiger partial charge in [0.15, 0.2) is 11.6 Å². The maximum atomic E-state index is 12.3. The number of benzene rings is 2. The molecule has 1 heterocycles. The van der Waals surface area contributed by atoms with E-state index in [-0.39, 0.29) is 11.6 Å². The normalized spacial score (nSPS) is 11.0. The maximum absolute atomic E-state index is 12.3. The fourth-order valence-corrected chi connectivity index (χ4v) is 3.10. The molecule has 3 rings (SSSR count). The molecular weight excluding hydrogens is 324 g/mol. The summed E-state index contributed by atoms with van der Waals surface area (Å²) in [7, 11) is 0. The maximum Gasteiger partial charge on any atom is 0.198 e. The minimum Gasteiger partial charge on any atom is -0.335 e. The molecule has 4 heteroatoms. The summed E-state index contributed by atoms with van der Waals surface area (Å²) in [6, 6.07) is 14.4. The first-order chi connectivity index (χ1) is 12.6. The number of ketones is 2. The Bertz CT molecular complexity index is 911. The monoisotopic (exact) mass is 348 g/mol. The Morgan fingerprint density at radius 3 is 2.42 bits per heavy atom. The summed E-state index contributed by atoms with van der Waals surface area (Å²) in [6.07, 6.45) is 6.57. The minimum absolute atomic E-state index is 0.0450. The highest BCUT2D eigenvalue weighted by Crippen LogP contribution is 2.23. The Kier molecular flexibility index (Phi) is 5.95. The molecule has 0 unspecified atom stereocenters. The van der Waals surface area contributed by atoms with E-state index in [2.05, 4.69) is 34.2 Å². The number of nitrogens with one attached hydrogen (secondary N) is 1. The summed E-state index contributed by atoms with van der Waals surface area (Å²) in [6.45, 7) is 1.62. The average molecular weight is 348 g/mol. The molecule has 0 bridgehead atoms. The first-order valence-electron chi connectivity index (χ1n) is 9.20. The molecule has 134 valence electrons. The number of hydrogen-bond donors (Lipinski definition) is 1. The van der Waals surface area contributed by atoms with Crippen molar-refractivity contribution in [3.05, 3.63) is 54.5 Å². The van der Waals surface area contributed by atoms with E-state index in [1.54, 1.807) is 13.1 Å². The Morgan fingerprint density at radius 1 is 0.923 bits per heavy atom. The number of Topliss-reactive ketones (excluding diaryl/α,β-unsaturated/α-hetero) is 2. The molecule has 0 aliphatic carbocycles. The number of imidazole rings is 1. The Morgan fingerprint density at radius 2 is 1.65 bits per heavy atom.